The third-order valence-electron chi connectivity index (χ3n) is 1.13. The lowest BCUT2D eigenvalue weighted by molar-refractivity contribution is 0.0188. The van der Waals surface area contributed by atoms with Gasteiger partial charge in [0, 0.05) is 13.1 Å². The van der Waals surface area contributed by atoms with E-state index in [1.54, 1.807) is 0 Å². The van der Waals surface area contributed by atoms with Crippen molar-refractivity contribution in [3.8, 4) is 0 Å². The van der Waals surface area contributed by atoms with Crippen molar-refractivity contribution in [2.45, 2.75) is 26.1 Å². The van der Waals surface area contributed by atoms with Gasteiger partial charge in [-0.2, -0.15) is 8.42 Å². The van der Waals surface area contributed by atoms with Gasteiger partial charge in [0.2, 0.25) is 0 Å². The van der Waals surface area contributed by atoms with Crippen molar-refractivity contribution in [2.24, 2.45) is 11.5 Å². The molecule has 0 aliphatic rings. The predicted molar refractivity (Wildman–Crippen MR) is 52.3 cm³/mol. The van der Waals surface area contributed by atoms with Crippen LogP contribution in [0, 0.1) is 0 Å². The molecular weight excluding hydrogens is 212 g/mol. The van der Waals surface area contributed by atoms with Crippen molar-refractivity contribution in [1.29, 1.82) is 0 Å². The van der Waals surface area contributed by atoms with Gasteiger partial charge in [-0.05, 0) is 13.8 Å². The van der Waals surface area contributed by atoms with Crippen molar-refractivity contribution in [3.05, 3.63) is 0 Å². The van der Waals surface area contributed by atoms with Crippen LogP contribution in [0.2, 0.25) is 0 Å². The van der Waals surface area contributed by atoms with Crippen molar-refractivity contribution < 1.29 is 22.3 Å². The molecule has 0 fully saturated rings. The molecule has 8 heteroatoms. The van der Waals surface area contributed by atoms with Gasteiger partial charge in [0.05, 0.1) is 12.2 Å². The Bertz CT molecular complexity index is 202. The normalized spacial score (nSPS) is 15.3. The van der Waals surface area contributed by atoms with Crippen LogP contribution < -0.4 is 11.5 Å². The van der Waals surface area contributed by atoms with Crippen LogP contribution in [0.3, 0.4) is 0 Å². The minimum Gasteiger partial charge on any atom is -0.373 e. The van der Waals surface area contributed by atoms with Crippen LogP contribution in [0.1, 0.15) is 13.8 Å². The minimum atomic E-state index is -4.67. The molecule has 0 saturated carbocycles. The maximum Gasteiger partial charge on any atom is 0.394 e. The molecule has 0 aromatic rings. The summed E-state index contributed by atoms with van der Waals surface area (Å²) in [6.45, 7) is 4.99. The number of hydrogen-bond acceptors (Lipinski definition) is 5. The summed E-state index contributed by atoms with van der Waals surface area (Å²) in [5, 5.41) is 0. The molecule has 0 aromatic heterocycles. The first-order chi connectivity index (χ1) is 6.20. The van der Waals surface area contributed by atoms with Crippen LogP contribution in [0.15, 0.2) is 0 Å². The zero-order chi connectivity index (χ0) is 11.8. The summed E-state index contributed by atoms with van der Waals surface area (Å²) in [7, 11) is -4.67. The van der Waals surface area contributed by atoms with E-state index < -0.39 is 10.4 Å². The summed E-state index contributed by atoms with van der Waals surface area (Å²) in [5.74, 6) is 0. The van der Waals surface area contributed by atoms with Crippen LogP contribution in [0.25, 0.3) is 0 Å². The molecule has 0 aliphatic heterocycles. The highest BCUT2D eigenvalue weighted by Gasteiger charge is 2.03. The van der Waals surface area contributed by atoms with E-state index in [1.807, 2.05) is 13.8 Å². The van der Waals surface area contributed by atoms with Crippen LogP contribution in [-0.2, 0) is 15.1 Å². The van der Waals surface area contributed by atoms with Gasteiger partial charge in [-0.25, -0.2) is 0 Å². The summed E-state index contributed by atoms with van der Waals surface area (Å²) in [6.07, 6.45) is 0.257. The maximum atomic E-state index is 8.74. The Morgan fingerprint density at radius 3 is 1.50 bits per heavy atom. The van der Waals surface area contributed by atoms with Gasteiger partial charge in [0.25, 0.3) is 0 Å². The van der Waals surface area contributed by atoms with Gasteiger partial charge >= 0.3 is 10.4 Å². The van der Waals surface area contributed by atoms with Crippen LogP contribution in [0.4, 0.5) is 0 Å². The van der Waals surface area contributed by atoms with Crippen LogP contribution >= 0.6 is 0 Å². The number of nitrogens with two attached hydrogens (primary N) is 2. The van der Waals surface area contributed by atoms with Crippen LogP contribution in [0.5, 0.6) is 0 Å². The molecule has 0 rings (SSSR count). The van der Waals surface area contributed by atoms with E-state index in [-0.39, 0.29) is 12.2 Å². The lowest BCUT2D eigenvalue weighted by Crippen LogP contribution is -2.29. The largest absolute Gasteiger partial charge is 0.394 e. The number of hydrogen-bond donors (Lipinski definition) is 4. The average molecular weight is 230 g/mol. The van der Waals surface area contributed by atoms with Gasteiger partial charge in [0.1, 0.15) is 0 Å². The summed E-state index contributed by atoms with van der Waals surface area (Å²) in [5.41, 5.74) is 10.6. The minimum absolute atomic E-state index is 0.128. The van der Waals surface area contributed by atoms with Crippen molar-refractivity contribution >= 4 is 10.4 Å². The Balaban J connectivity index is 0. The van der Waals surface area contributed by atoms with E-state index in [0.29, 0.717) is 13.1 Å². The van der Waals surface area contributed by atoms with Crippen LogP contribution in [-0.4, -0.2) is 42.8 Å². The first kappa shape index (κ1) is 16.2. The zero-order valence-corrected chi connectivity index (χ0v) is 9.07. The molecule has 0 spiro atoms. The number of rotatable bonds is 4. The summed E-state index contributed by atoms with van der Waals surface area (Å²) < 4.78 is 36.9. The Labute approximate surface area is 84.0 Å². The fourth-order valence-corrected chi connectivity index (χ4v) is 0.508. The molecule has 0 saturated heterocycles. The van der Waals surface area contributed by atoms with Gasteiger partial charge in [-0.1, -0.05) is 0 Å². The van der Waals surface area contributed by atoms with Gasteiger partial charge < -0.3 is 16.2 Å². The lowest BCUT2D eigenvalue weighted by Gasteiger charge is -2.15. The van der Waals surface area contributed by atoms with Gasteiger partial charge in [0.15, 0.2) is 0 Å². The topological polar surface area (TPSA) is 136 Å². The molecule has 2 atom stereocenters. The number of ether oxygens (including phenoxy) is 1. The van der Waals surface area contributed by atoms with Crippen molar-refractivity contribution in [1.82, 2.24) is 0 Å². The first-order valence-electron chi connectivity index (χ1n) is 3.96. The van der Waals surface area contributed by atoms with E-state index in [1.165, 1.54) is 0 Å². The highest BCUT2D eigenvalue weighted by molar-refractivity contribution is 7.79. The fraction of sp³-hybridized carbons (Fsp3) is 1.00. The molecule has 0 amide bonds. The Kier molecular flexibility index (Phi) is 9.36. The molecule has 14 heavy (non-hydrogen) atoms. The summed E-state index contributed by atoms with van der Waals surface area (Å²) in [6, 6.07) is 0. The van der Waals surface area contributed by atoms with E-state index in [2.05, 4.69) is 0 Å². The molecule has 7 nitrogen and oxygen atoms in total. The second-order valence-electron chi connectivity index (χ2n) is 2.68. The smallest absolute Gasteiger partial charge is 0.373 e. The molecule has 6 N–H and O–H groups in total. The molecule has 0 aromatic carbocycles. The van der Waals surface area contributed by atoms with E-state index in [9.17, 15) is 0 Å². The lowest BCUT2D eigenvalue weighted by atomic mass is 10.3. The third kappa shape index (κ3) is 22.6. The standard InChI is InChI=1S/C6H16N2O.H2O4S/c1-5(3-7)9-6(2)4-8;1-5(2,3)4/h5-6H,3-4,7-8H2,1-2H3;(H2,1,2,3,4). The second-order valence-corrected chi connectivity index (χ2v) is 3.57. The highest BCUT2D eigenvalue weighted by Crippen LogP contribution is 1.93. The third-order valence-corrected chi connectivity index (χ3v) is 1.13. The molecular formula is C6H18N2O5S. The molecule has 88 valence electrons. The molecule has 2 unspecified atom stereocenters. The predicted octanol–water partition coefficient (Wildman–Crippen LogP) is -0.955. The van der Waals surface area contributed by atoms with Crippen molar-refractivity contribution in [2.75, 3.05) is 13.1 Å². The molecule has 0 bridgehead atoms. The Morgan fingerprint density at radius 1 is 1.14 bits per heavy atom. The molecule has 0 aliphatic carbocycles. The zero-order valence-electron chi connectivity index (χ0n) is 8.25. The first-order valence-corrected chi connectivity index (χ1v) is 5.35. The Morgan fingerprint density at radius 2 is 1.36 bits per heavy atom. The van der Waals surface area contributed by atoms with E-state index >= 15 is 0 Å². The van der Waals surface area contributed by atoms with Gasteiger partial charge in [-0.15, -0.1) is 0 Å². The fourth-order valence-electron chi connectivity index (χ4n) is 0.508. The van der Waals surface area contributed by atoms with Crippen molar-refractivity contribution in [3.63, 3.8) is 0 Å². The Hall–Kier alpha value is -0.250. The monoisotopic (exact) mass is 230 g/mol. The highest BCUT2D eigenvalue weighted by atomic mass is 32.3. The van der Waals surface area contributed by atoms with E-state index in [4.69, 9.17) is 33.7 Å². The second kappa shape index (κ2) is 8.09. The quantitative estimate of drug-likeness (QED) is 0.457. The maximum absolute atomic E-state index is 8.74. The summed E-state index contributed by atoms with van der Waals surface area (Å²) >= 11 is 0. The SMILES string of the molecule is CC(CN)OC(C)CN.O=S(=O)(O)O. The summed E-state index contributed by atoms with van der Waals surface area (Å²) in [4.78, 5) is 0. The average Bonchev–Trinajstić information content (AvgIpc) is 2.01. The molecule has 0 radical (unpaired) electrons. The van der Waals surface area contributed by atoms with E-state index in [0.717, 1.165) is 0 Å². The van der Waals surface area contributed by atoms with Gasteiger partial charge in [-0.3, -0.25) is 9.11 Å². The molecule has 0 heterocycles.